The first-order valence-electron chi connectivity index (χ1n) is 6.46. The maximum Gasteiger partial charge on any atom is 0.0992 e. The van der Waals surface area contributed by atoms with Crippen molar-refractivity contribution >= 4 is 11.4 Å². The smallest absolute Gasteiger partial charge is 0.0992 e. The second-order valence-corrected chi connectivity index (χ2v) is 4.72. The zero-order chi connectivity index (χ0) is 13.0. The van der Waals surface area contributed by atoms with Gasteiger partial charge in [-0.05, 0) is 37.6 Å². The van der Waals surface area contributed by atoms with E-state index in [0.717, 1.165) is 50.3 Å². The maximum absolute atomic E-state index is 9.00. The van der Waals surface area contributed by atoms with Crippen LogP contribution in [0.3, 0.4) is 0 Å². The summed E-state index contributed by atoms with van der Waals surface area (Å²) in [7, 11) is 2.09. The summed E-state index contributed by atoms with van der Waals surface area (Å²) < 4.78 is 0. The molecule has 1 aromatic rings. The van der Waals surface area contributed by atoms with Gasteiger partial charge in [0.1, 0.15) is 0 Å². The van der Waals surface area contributed by atoms with Crippen LogP contribution in [0, 0.1) is 11.3 Å². The topological polar surface area (TPSA) is 56.3 Å². The lowest BCUT2D eigenvalue weighted by atomic mass is 10.1. The Balaban J connectivity index is 2.34. The Labute approximate surface area is 109 Å². The molecule has 0 aromatic heterocycles. The molecular weight excluding hydrogens is 224 g/mol. The summed E-state index contributed by atoms with van der Waals surface area (Å²) in [6, 6.07) is 8.15. The van der Waals surface area contributed by atoms with E-state index in [9.17, 15) is 0 Å². The van der Waals surface area contributed by atoms with Gasteiger partial charge in [0, 0.05) is 26.7 Å². The van der Waals surface area contributed by atoms with Crippen molar-refractivity contribution < 1.29 is 0 Å². The van der Waals surface area contributed by atoms with Gasteiger partial charge in [0.05, 0.1) is 23.0 Å². The van der Waals surface area contributed by atoms with Crippen LogP contribution < -0.4 is 15.5 Å². The van der Waals surface area contributed by atoms with Crippen molar-refractivity contribution in [2.75, 3.05) is 43.0 Å². The summed E-state index contributed by atoms with van der Waals surface area (Å²) in [5.74, 6) is 0. The lowest BCUT2D eigenvalue weighted by Crippen LogP contribution is -2.26. The molecule has 0 saturated carbocycles. The Morgan fingerprint density at radius 1 is 1.33 bits per heavy atom. The standard InChI is InChI=1S/C14H20N4/c1-17-7-3-9-18(8-2-6-15)13-5-4-12(11-16)10-14(13)17/h4-5,10H,2-3,6-9,15H2,1H3. The summed E-state index contributed by atoms with van der Waals surface area (Å²) in [6.45, 7) is 3.80. The maximum atomic E-state index is 9.00. The van der Waals surface area contributed by atoms with Crippen LogP contribution in [0.25, 0.3) is 0 Å². The Hall–Kier alpha value is -1.73. The zero-order valence-electron chi connectivity index (χ0n) is 10.9. The largest absolute Gasteiger partial charge is 0.373 e. The number of anilines is 2. The number of nitrogens with two attached hydrogens (primary N) is 1. The molecule has 0 spiro atoms. The fourth-order valence-corrected chi connectivity index (χ4v) is 2.42. The molecule has 0 radical (unpaired) electrons. The second-order valence-electron chi connectivity index (χ2n) is 4.72. The average molecular weight is 244 g/mol. The molecule has 1 heterocycles. The van der Waals surface area contributed by atoms with Gasteiger partial charge in [0.2, 0.25) is 0 Å². The summed E-state index contributed by atoms with van der Waals surface area (Å²) in [6.07, 6.45) is 2.14. The van der Waals surface area contributed by atoms with Crippen molar-refractivity contribution in [3.63, 3.8) is 0 Å². The van der Waals surface area contributed by atoms with Crippen LogP contribution in [0.4, 0.5) is 11.4 Å². The van der Waals surface area contributed by atoms with Crippen LogP contribution in [0.15, 0.2) is 18.2 Å². The Kier molecular flexibility index (Phi) is 4.06. The second kappa shape index (κ2) is 5.74. The highest BCUT2D eigenvalue weighted by Crippen LogP contribution is 2.32. The normalized spacial score (nSPS) is 14.9. The van der Waals surface area contributed by atoms with Crippen LogP contribution in [0.2, 0.25) is 0 Å². The molecule has 1 aliphatic heterocycles. The first-order chi connectivity index (χ1) is 8.76. The molecule has 0 aliphatic carbocycles. The fraction of sp³-hybridized carbons (Fsp3) is 0.500. The highest BCUT2D eigenvalue weighted by molar-refractivity contribution is 5.73. The van der Waals surface area contributed by atoms with Crippen molar-refractivity contribution in [1.82, 2.24) is 0 Å². The Morgan fingerprint density at radius 2 is 2.17 bits per heavy atom. The third-order valence-electron chi connectivity index (χ3n) is 3.41. The monoisotopic (exact) mass is 244 g/mol. The van der Waals surface area contributed by atoms with Crippen LogP contribution in [0.1, 0.15) is 18.4 Å². The number of nitrogens with zero attached hydrogens (tertiary/aromatic N) is 3. The van der Waals surface area contributed by atoms with Gasteiger partial charge in [0.15, 0.2) is 0 Å². The van der Waals surface area contributed by atoms with Gasteiger partial charge in [-0.25, -0.2) is 0 Å². The van der Waals surface area contributed by atoms with Crippen LogP contribution in [0.5, 0.6) is 0 Å². The zero-order valence-corrected chi connectivity index (χ0v) is 10.9. The lowest BCUT2D eigenvalue weighted by molar-refractivity contribution is 0.710. The molecule has 0 unspecified atom stereocenters. The third-order valence-corrected chi connectivity index (χ3v) is 3.41. The molecule has 0 saturated heterocycles. The van der Waals surface area contributed by atoms with Gasteiger partial charge in [-0.1, -0.05) is 0 Å². The highest BCUT2D eigenvalue weighted by atomic mass is 15.2. The van der Waals surface area contributed by atoms with Gasteiger partial charge in [-0.3, -0.25) is 0 Å². The van der Waals surface area contributed by atoms with E-state index in [-0.39, 0.29) is 0 Å². The molecule has 2 rings (SSSR count). The molecule has 96 valence electrons. The van der Waals surface area contributed by atoms with Gasteiger partial charge < -0.3 is 15.5 Å². The molecule has 0 fully saturated rings. The van der Waals surface area contributed by atoms with E-state index >= 15 is 0 Å². The molecule has 4 nitrogen and oxygen atoms in total. The molecule has 0 amide bonds. The van der Waals surface area contributed by atoms with E-state index in [1.165, 1.54) is 5.69 Å². The van der Waals surface area contributed by atoms with Crippen molar-refractivity contribution in [3.05, 3.63) is 23.8 Å². The minimum absolute atomic E-state index is 0.720. The van der Waals surface area contributed by atoms with E-state index in [4.69, 9.17) is 11.0 Å². The molecular formula is C14H20N4. The fourth-order valence-electron chi connectivity index (χ4n) is 2.42. The summed E-state index contributed by atoms with van der Waals surface area (Å²) in [5, 5.41) is 9.00. The number of rotatable bonds is 3. The van der Waals surface area contributed by atoms with Crippen LogP contribution in [-0.4, -0.2) is 33.2 Å². The molecule has 0 bridgehead atoms. The lowest BCUT2D eigenvalue weighted by Gasteiger charge is -2.26. The summed E-state index contributed by atoms with van der Waals surface area (Å²) in [5.41, 5.74) is 8.70. The van der Waals surface area contributed by atoms with E-state index < -0.39 is 0 Å². The van der Waals surface area contributed by atoms with Crippen molar-refractivity contribution in [2.45, 2.75) is 12.8 Å². The van der Waals surface area contributed by atoms with Crippen molar-refractivity contribution in [1.29, 1.82) is 5.26 Å². The first kappa shape index (κ1) is 12.7. The van der Waals surface area contributed by atoms with Gasteiger partial charge in [-0.2, -0.15) is 5.26 Å². The highest BCUT2D eigenvalue weighted by Gasteiger charge is 2.18. The van der Waals surface area contributed by atoms with Crippen LogP contribution >= 0.6 is 0 Å². The average Bonchev–Trinajstić information content (AvgIpc) is 2.56. The minimum atomic E-state index is 0.720. The van der Waals surface area contributed by atoms with Crippen LogP contribution in [-0.2, 0) is 0 Å². The summed E-state index contributed by atoms with van der Waals surface area (Å²) in [4.78, 5) is 4.62. The van der Waals surface area contributed by atoms with Gasteiger partial charge >= 0.3 is 0 Å². The number of benzene rings is 1. The predicted octanol–water partition coefficient (Wildman–Crippen LogP) is 1.55. The first-order valence-corrected chi connectivity index (χ1v) is 6.46. The number of hydrogen-bond donors (Lipinski definition) is 1. The van der Waals surface area contributed by atoms with E-state index in [0.29, 0.717) is 0 Å². The SMILES string of the molecule is CN1CCCN(CCCN)c2ccc(C#N)cc21. The van der Waals surface area contributed by atoms with Crippen molar-refractivity contribution in [3.8, 4) is 6.07 Å². The number of hydrogen-bond acceptors (Lipinski definition) is 4. The third kappa shape index (κ3) is 2.57. The van der Waals surface area contributed by atoms with Gasteiger partial charge in [-0.15, -0.1) is 0 Å². The molecule has 4 heteroatoms. The van der Waals surface area contributed by atoms with E-state index in [2.05, 4.69) is 29.0 Å². The Morgan fingerprint density at radius 3 is 2.89 bits per heavy atom. The Bertz CT molecular complexity index is 450. The molecule has 2 N–H and O–H groups in total. The minimum Gasteiger partial charge on any atom is -0.373 e. The van der Waals surface area contributed by atoms with Gasteiger partial charge in [0.25, 0.3) is 0 Å². The summed E-state index contributed by atoms with van der Waals surface area (Å²) >= 11 is 0. The number of fused-ring (bicyclic) bond motifs is 1. The molecule has 1 aromatic carbocycles. The van der Waals surface area contributed by atoms with E-state index in [1.807, 2.05) is 12.1 Å². The predicted molar refractivity (Wildman–Crippen MR) is 74.9 cm³/mol. The molecule has 18 heavy (non-hydrogen) atoms. The quantitative estimate of drug-likeness (QED) is 0.876. The van der Waals surface area contributed by atoms with Crippen molar-refractivity contribution in [2.24, 2.45) is 5.73 Å². The number of nitriles is 1. The molecule has 1 aliphatic rings. The van der Waals surface area contributed by atoms with E-state index in [1.54, 1.807) is 0 Å². The molecule has 0 atom stereocenters.